The first-order valence-electron chi connectivity index (χ1n) is 6.65. The van der Waals surface area contributed by atoms with Gasteiger partial charge in [0.15, 0.2) is 0 Å². The fourth-order valence-electron chi connectivity index (χ4n) is 2.29. The molecular weight excluding hydrogens is 272 g/mol. The van der Waals surface area contributed by atoms with E-state index in [0.29, 0.717) is 35.1 Å². The maximum Gasteiger partial charge on any atom is 0.132 e. The van der Waals surface area contributed by atoms with Gasteiger partial charge in [-0.1, -0.05) is 0 Å². The van der Waals surface area contributed by atoms with Crippen LogP contribution in [0.3, 0.4) is 0 Å². The van der Waals surface area contributed by atoms with E-state index in [1.165, 1.54) is 0 Å². The lowest BCUT2D eigenvalue weighted by molar-refractivity contribution is 0.197. The van der Waals surface area contributed by atoms with Gasteiger partial charge in [0.2, 0.25) is 0 Å². The molecule has 6 nitrogen and oxygen atoms in total. The predicted molar refractivity (Wildman–Crippen MR) is 78.1 cm³/mol. The minimum absolute atomic E-state index is 0.502. The number of hydrogen-bond donors (Lipinski definition) is 1. The van der Waals surface area contributed by atoms with Crippen molar-refractivity contribution in [3.63, 3.8) is 0 Å². The van der Waals surface area contributed by atoms with Crippen molar-refractivity contribution in [1.29, 1.82) is 0 Å². The number of aliphatic hydroxyl groups excluding tert-OH is 1. The molecule has 114 valence electrons. The number of aliphatic hydroxyl groups is 1. The van der Waals surface area contributed by atoms with Crippen LogP contribution >= 0.6 is 0 Å². The van der Waals surface area contributed by atoms with Crippen molar-refractivity contribution in [1.82, 2.24) is 9.78 Å². The second kappa shape index (κ2) is 6.49. The molecule has 0 aliphatic carbocycles. The molecule has 0 aliphatic heterocycles. The van der Waals surface area contributed by atoms with Crippen LogP contribution in [0, 0.1) is 0 Å². The molecule has 0 radical (unpaired) electrons. The van der Waals surface area contributed by atoms with Crippen LogP contribution in [0.4, 0.5) is 0 Å². The largest absolute Gasteiger partial charge is 0.496 e. The fourth-order valence-corrected chi connectivity index (χ4v) is 2.29. The highest BCUT2D eigenvalue weighted by molar-refractivity contribution is 5.53. The molecule has 1 aromatic carbocycles. The Bertz CT molecular complexity index is 584. The molecule has 0 spiro atoms. The van der Waals surface area contributed by atoms with Gasteiger partial charge in [-0.3, -0.25) is 4.68 Å². The predicted octanol–water partition coefficient (Wildman–Crippen LogP) is 2.01. The van der Waals surface area contributed by atoms with Crippen LogP contribution in [0.15, 0.2) is 24.4 Å². The van der Waals surface area contributed by atoms with Gasteiger partial charge in [0, 0.05) is 24.9 Å². The molecule has 0 aliphatic rings. The molecule has 2 aromatic rings. The average molecular weight is 292 g/mol. The summed E-state index contributed by atoms with van der Waals surface area (Å²) in [5.74, 6) is 1.61. The van der Waals surface area contributed by atoms with E-state index in [2.05, 4.69) is 5.10 Å². The molecule has 6 heteroatoms. The van der Waals surface area contributed by atoms with Gasteiger partial charge in [0.05, 0.1) is 32.6 Å². The van der Waals surface area contributed by atoms with E-state index in [9.17, 15) is 5.11 Å². The minimum atomic E-state index is -0.900. The van der Waals surface area contributed by atoms with E-state index in [4.69, 9.17) is 14.2 Å². The number of aryl methyl sites for hydroxylation is 1. The van der Waals surface area contributed by atoms with Gasteiger partial charge in [-0.2, -0.15) is 5.10 Å². The van der Waals surface area contributed by atoms with Crippen LogP contribution in [-0.4, -0.2) is 36.2 Å². The van der Waals surface area contributed by atoms with Gasteiger partial charge in [0.1, 0.15) is 23.4 Å². The second-order valence-electron chi connectivity index (χ2n) is 4.42. The summed E-state index contributed by atoms with van der Waals surface area (Å²) in [6.07, 6.45) is 0.758. The lowest BCUT2D eigenvalue weighted by Gasteiger charge is -2.20. The van der Waals surface area contributed by atoms with Crippen LogP contribution < -0.4 is 14.2 Å². The maximum absolute atomic E-state index is 10.7. The molecule has 1 N–H and O–H groups in total. The number of aromatic nitrogens is 2. The molecule has 0 fully saturated rings. The summed E-state index contributed by atoms with van der Waals surface area (Å²) in [5.41, 5.74) is 1.23. The van der Waals surface area contributed by atoms with Gasteiger partial charge in [-0.05, 0) is 13.0 Å². The van der Waals surface area contributed by atoms with Crippen LogP contribution in [-0.2, 0) is 6.54 Å². The van der Waals surface area contributed by atoms with E-state index < -0.39 is 6.10 Å². The molecule has 2 rings (SSSR count). The van der Waals surface area contributed by atoms with E-state index in [1.807, 2.05) is 6.92 Å². The molecule has 1 unspecified atom stereocenters. The van der Waals surface area contributed by atoms with Crippen molar-refractivity contribution in [2.75, 3.05) is 21.3 Å². The van der Waals surface area contributed by atoms with E-state index >= 15 is 0 Å². The maximum atomic E-state index is 10.7. The molecule has 0 amide bonds. The van der Waals surface area contributed by atoms with E-state index in [1.54, 1.807) is 50.4 Å². The summed E-state index contributed by atoms with van der Waals surface area (Å²) in [4.78, 5) is 0. The summed E-state index contributed by atoms with van der Waals surface area (Å²) in [5, 5.41) is 14.9. The first-order valence-corrected chi connectivity index (χ1v) is 6.65. The third-order valence-corrected chi connectivity index (χ3v) is 3.36. The zero-order valence-electron chi connectivity index (χ0n) is 12.7. The van der Waals surface area contributed by atoms with Crippen LogP contribution in [0.2, 0.25) is 0 Å². The number of ether oxygens (including phenoxy) is 3. The highest BCUT2D eigenvalue weighted by Gasteiger charge is 2.24. The first kappa shape index (κ1) is 15.2. The average Bonchev–Trinajstić information content (AvgIpc) is 3.01. The molecule has 0 saturated heterocycles. The van der Waals surface area contributed by atoms with Crippen molar-refractivity contribution in [2.24, 2.45) is 0 Å². The van der Waals surface area contributed by atoms with Crippen molar-refractivity contribution in [3.8, 4) is 17.2 Å². The van der Waals surface area contributed by atoms with Gasteiger partial charge >= 0.3 is 0 Å². The van der Waals surface area contributed by atoms with Gasteiger partial charge in [-0.15, -0.1) is 0 Å². The molecular formula is C15H20N2O4. The van der Waals surface area contributed by atoms with E-state index in [-0.39, 0.29) is 0 Å². The van der Waals surface area contributed by atoms with Gasteiger partial charge in [-0.25, -0.2) is 0 Å². The summed E-state index contributed by atoms with van der Waals surface area (Å²) in [7, 11) is 4.65. The summed E-state index contributed by atoms with van der Waals surface area (Å²) in [6, 6.07) is 5.21. The summed E-state index contributed by atoms with van der Waals surface area (Å²) < 4.78 is 17.7. The van der Waals surface area contributed by atoms with Gasteiger partial charge < -0.3 is 19.3 Å². The molecule has 1 heterocycles. The SMILES string of the molecule is CCn1nccc1C(O)c1c(OC)cc(OC)cc1OC. The third-order valence-electron chi connectivity index (χ3n) is 3.36. The standard InChI is InChI=1S/C15H20N2O4/c1-5-17-11(6-7-16-17)15(18)14-12(20-3)8-10(19-2)9-13(14)21-4/h6-9,15,18H,5H2,1-4H3. The minimum Gasteiger partial charge on any atom is -0.496 e. The first-order chi connectivity index (χ1) is 10.2. The number of methoxy groups -OCH3 is 3. The normalized spacial score (nSPS) is 12.0. The Morgan fingerprint density at radius 1 is 1.14 bits per heavy atom. The topological polar surface area (TPSA) is 65.7 Å². The molecule has 0 saturated carbocycles. The molecule has 1 atom stereocenters. The lowest BCUT2D eigenvalue weighted by Crippen LogP contribution is -2.11. The Hall–Kier alpha value is -2.21. The van der Waals surface area contributed by atoms with Crippen LogP contribution in [0.25, 0.3) is 0 Å². The van der Waals surface area contributed by atoms with Crippen molar-refractivity contribution in [3.05, 3.63) is 35.7 Å². The summed E-state index contributed by atoms with van der Waals surface area (Å²) >= 11 is 0. The second-order valence-corrected chi connectivity index (χ2v) is 4.42. The lowest BCUT2D eigenvalue weighted by atomic mass is 10.0. The Labute approximate surface area is 123 Å². The smallest absolute Gasteiger partial charge is 0.132 e. The van der Waals surface area contributed by atoms with Crippen molar-refractivity contribution < 1.29 is 19.3 Å². The fraction of sp³-hybridized carbons (Fsp3) is 0.400. The molecule has 21 heavy (non-hydrogen) atoms. The van der Waals surface area contributed by atoms with Crippen LogP contribution in [0.5, 0.6) is 17.2 Å². The zero-order valence-corrected chi connectivity index (χ0v) is 12.7. The molecule has 0 bridgehead atoms. The zero-order chi connectivity index (χ0) is 15.4. The number of hydrogen-bond acceptors (Lipinski definition) is 5. The highest BCUT2D eigenvalue weighted by atomic mass is 16.5. The Morgan fingerprint density at radius 3 is 2.24 bits per heavy atom. The Morgan fingerprint density at radius 2 is 1.76 bits per heavy atom. The Kier molecular flexibility index (Phi) is 4.70. The quantitative estimate of drug-likeness (QED) is 0.882. The van der Waals surface area contributed by atoms with Crippen molar-refractivity contribution in [2.45, 2.75) is 19.6 Å². The highest BCUT2D eigenvalue weighted by Crippen LogP contribution is 2.40. The Balaban J connectivity index is 2.56. The molecule has 1 aromatic heterocycles. The number of nitrogens with zero attached hydrogens (tertiary/aromatic N) is 2. The third kappa shape index (κ3) is 2.80. The van der Waals surface area contributed by atoms with Crippen molar-refractivity contribution >= 4 is 0 Å². The van der Waals surface area contributed by atoms with Crippen LogP contribution in [0.1, 0.15) is 24.3 Å². The monoisotopic (exact) mass is 292 g/mol. The van der Waals surface area contributed by atoms with E-state index in [0.717, 1.165) is 0 Å². The van der Waals surface area contributed by atoms with Gasteiger partial charge in [0.25, 0.3) is 0 Å². The summed E-state index contributed by atoms with van der Waals surface area (Å²) in [6.45, 7) is 2.63. The number of rotatable bonds is 6. The number of benzene rings is 1.